The molecule has 0 heterocycles. The minimum atomic E-state index is -0.767. The van der Waals surface area contributed by atoms with Gasteiger partial charge in [-0.1, -0.05) is 19.1 Å². The second kappa shape index (κ2) is 5.53. The molecule has 5 heteroatoms. The average molecular weight is 276 g/mol. The third kappa shape index (κ3) is 2.76. The first-order chi connectivity index (χ1) is 9.49. The van der Waals surface area contributed by atoms with E-state index in [1.165, 1.54) is 0 Å². The van der Waals surface area contributed by atoms with Crippen LogP contribution in [0.15, 0.2) is 24.3 Å². The van der Waals surface area contributed by atoms with Gasteiger partial charge in [0.25, 0.3) is 0 Å². The highest BCUT2D eigenvalue weighted by atomic mass is 16.4. The van der Waals surface area contributed by atoms with E-state index < -0.39 is 11.4 Å². The number of benzene rings is 1. The Labute approximate surface area is 118 Å². The minimum absolute atomic E-state index is 0.154. The molecule has 5 nitrogen and oxygen atoms in total. The maximum atomic E-state index is 11.8. The number of aliphatic carboxylic acids is 1. The molecule has 0 atom stereocenters. The fourth-order valence-electron chi connectivity index (χ4n) is 2.28. The van der Waals surface area contributed by atoms with Crippen molar-refractivity contribution in [1.29, 1.82) is 0 Å². The quantitative estimate of drug-likeness (QED) is 0.868. The Morgan fingerprint density at radius 2 is 1.90 bits per heavy atom. The summed E-state index contributed by atoms with van der Waals surface area (Å²) in [6.07, 6.45) is 2.28. The van der Waals surface area contributed by atoms with Crippen LogP contribution in [0.2, 0.25) is 0 Å². The molecular formula is C15H20N2O3. The van der Waals surface area contributed by atoms with Crippen LogP contribution in [0.4, 0.5) is 10.5 Å². The molecule has 0 saturated heterocycles. The van der Waals surface area contributed by atoms with Crippen LogP contribution in [0, 0.1) is 0 Å². The third-order valence-electron chi connectivity index (χ3n) is 3.75. The number of carbonyl (C=O) groups excluding carboxylic acids is 1. The van der Waals surface area contributed by atoms with E-state index in [1.807, 2.05) is 6.92 Å². The van der Waals surface area contributed by atoms with E-state index >= 15 is 0 Å². The van der Waals surface area contributed by atoms with E-state index in [4.69, 9.17) is 0 Å². The summed E-state index contributed by atoms with van der Waals surface area (Å²) in [4.78, 5) is 24.7. The van der Waals surface area contributed by atoms with Gasteiger partial charge in [0, 0.05) is 19.3 Å². The lowest BCUT2D eigenvalue weighted by atomic mass is 9.96. The number of carbonyl (C=O) groups is 2. The molecule has 0 radical (unpaired) electrons. The van der Waals surface area contributed by atoms with Crippen LogP contribution >= 0.6 is 0 Å². The number of rotatable bonds is 5. The monoisotopic (exact) mass is 276 g/mol. The van der Waals surface area contributed by atoms with E-state index in [-0.39, 0.29) is 6.03 Å². The number of nitrogens with zero attached hydrogens (tertiary/aromatic N) is 1. The first-order valence-electron chi connectivity index (χ1n) is 6.85. The zero-order chi connectivity index (χ0) is 14.8. The number of carboxylic acids is 1. The van der Waals surface area contributed by atoms with Crippen LogP contribution in [0.25, 0.3) is 0 Å². The van der Waals surface area contributed by atoms with Crippen LogP contribution in [-0.4, -0.2) is 35.6 Å². The Balaban J connectivity index is 2.02. The molecule has 1 saturated carbocycles. The van der Waals surface area contributed by atoms with Crippen molar-refractivity contribution in [2.24, 2.45) is 0 Å². The second-order valence-corrected chi connectivity index (χ2v) is 5.32. The predicted octanol–water partition coefficient (Wildman–Crippen LogP) is 2.68. The number of nitrogens with one attached hydrogen (secondary N) is 1. The van der Waals surface area contributed by atoms with Gasteiger partial charge in [0.1, 0.15) is 0 Å². The molecule has 1 aliphatic rings. The van der Waals surface area contributed by atoms with E-state index in [2.05, 4.69) is 5.32 Å². The lowest BCUT2D eigenvalue weighted by molar-refractivity contribution is -0.140. The SMILES string of the molecule is CCCN(C)C(=O)Nc1ccc(C2(C(=O)O)CC2)cc1. The van der Waals surface area contributed by atoms with E-state index in [0.717, 1.165) is 12.0 Å². The van der Waals surface area contributed by atoms with Crippen LogP contribution < -0.4 is 5.32 Å². The van der Waals surface area contributed by atoms with Gasteiger partial charge in [0.2, 0.25) is 0 Å². The van der Waals surface area contributed by atoms with Crippen LogP contribution in [0.5, 0.6) is 0 Å². The highest BCUT2D eigenvalue weighted by Gasteiger charge is 2.51. The van der Waals surface area contributed by atoms with Crippen molar-refractivity contribution in [1.82, 2.24) is 4.90 Å². The van der Waals surface area contributed by atoms with Crippen molar-refractivity contribution >= 4 is 17.7 Å². The van der Waals surface area contributed by atoms with Gasteiger partial charge in [0.15, 0.2) is 0 Å². The Morgan fingerprint density at radius 1 is 1.30 bits per heavy atom. The summed E-state index contributed by atoms with van der Waals surface area (Å²) < 4.78 is 0. The Hall–Kier alpha value is -2.04. The maximum absolute atomic E-state index is 11.8. The van der Waals surface area contributed by atoms with Crippen molar-refractivity contribution in [2.75, 3.05) is 18.9 Å². The Kier molecular flexibility index (Phi) is 3.97. The summed E-state index contributed by atoms with van der Waals surface area (Å²) in [5.41, 5.74) is 0.800. The first-order valence-corrected chi connectivity index (χ1v) is 6.85. The molecule has 0 spiro atoms. The van der Waals surface area contributed by atoms with Crippen molar-refractivity contribution in [2.45, 2.75) is 31.6 Å². The van der Waals surface area contributed by atoms with Gasteiger partial charge in [-0.3, -0.25) is 4.79 Å². The number of amides is 2. The van der Waals surface area contributed by atoms with E-state index in [0.29, 0.717) is 25.1 Å². The molecule has 108 valence electrons. The predicted molar refractivity (Wildman–Crippen MR) is 76.9 cm³/mol. The Morgan fingerprint density at radius 3 is 2.35 bits per heavy atom. The summed E-state index contributed by atoms with van der Waals surface area (Å²) in [5.74, 6) is -0.767. The molecule has 0 bridgehead atoms. The lowest BCUT2D eigenvalue weighted by Crippen LogP contribution is -2.31. The summed E-state index contributed by atoms with van der Waals surface area (Å²) in [7, 11) is 1.75. The number of anilines is 1. The van der Waals surface area contributed by atoms with Crippen molar-refractivity contribution in [3.63, 3.8) is 0 Å². The molecule has 2 rings (SSSR count). The topological polar surface area (TPSA) is 69.6 Å². The van der Waals surface area contributed by atoms with Crippen LogP contribution in [0.3, 0.4) is 0 Å². The third-order valence-corrected chi connectivity index (χ3v) is 3.75. The molecule has 2 N–H and O–H groups in total. The van der Waals surface area contributed by atoms with Gasteiger partial charge in [-0.15, -0.1) is 0 Å². The van der Waals surface area contributed by atoms with Gasteiger partial charge in [0.05, 0.1) is 5.41 Å². The molecule has 20 heavy (non-hydrogen) atoms. The number of urea groups is 1. The van der Waals surface area contributed by atoms with E-state index in [9.17, 15) is 14.7 Å². The highest BCUT2D eigenvalue weighted by Crippen LogP contribution is 2.48. The van der Waals surface area contributed by atoms with Gasteiger partial charge in [-0.05, 0) is 37.0 Å². The maximum Gasteiger partial charge on any atom is 0.321 e. The Bertz CT molecular complexity index is 506. The lowest BCUT2D eigenvalue weighted by Gasteiger charge is -2.17. The number of hydrogen-bond acceptors (Lipinski definition) is 2. The standard InChI is InChI=1S/C15H20N2O3/c1-3-10-17(2)14(20)16-12-6-4-11(5-7-12)15(8-9-15)13(18)19/h4-7H,3,8-10H2,1-2H3,(H,16,20)(H,18,19). The summed E-state index contributed by atoms with van der Waals surface area (Å²) >= 11 is 0. The zero-order valence-electron chi connectivity index (χ0n) is 11.8. The van der Waals surface area contributed by atoms with Gasteiger partial charge in [-0.2, -0.15) is 0 Å². The van der Waals surface area contributed by atoms with Crippen LogP contribution in [0.1, 0.15) is 31.7 Å². The van der Waals surface area contributed by atoms with Crippen molar-refractivity contribution in [3.8, 4) is 0 Å². The molecule has 1 fully saturated rings. The molecule has 0 aliphatic heterocycles. The summed E-state index contributed by atoms with van der Waals surface area (Å²) in [6.45, 7) is 2.71. The first kappa shape index (κ1) is 14.4. The number of hydrogen-bond donors (Lipinski definition) is 2. The second-order valence-electron chi connectivity index (χ2n) is 5.32. The average Bonchev–Trinajstić information content (AvgIpc) is 3.21. The van der Waals surface area contributed by atoms with Crippen molar-refractivity contribution < 1.29 is 14.7 Å². The van der Waals surface area contributed by atoms with Gasteiger partial charge < -0.3 is 15.3 Å². The van der Waals surface area contributed by atoms with Gasteiger partial charge >= 0.3 is 12.0 Å². The minimum Gasteiger partial charge on any atom is -0.481 e. The summed E-state index contributed by atoms with van der Waals surface area (Å²) in [6, 6.07) is 6.94. The molecule has 1 aromatic rings. The molecule has 2 amide bonds. The summed E-state index contributed by atoms with van der Waals surface area (Å²) in [5, 5.41) is 12.0. The van der Waals surface area contributed by atoms with Gasteiger partial charge in [-0.25, -0.2) is 4.79 Å². The molecule has 0 aromatic heterocycles. The zero-order valence-corrected chi connectivity index (χ0v) is 11.8. The molecular weight excluding hydrogens is 256 g/mol. The number of carboxylic acid groups (broad SMARTS) is 1. The fraction of sp³-hybridized carbons (Fsp3) is 0.467. The smallest absolute Gasteiger partial charge is 0.321 e. The molecule has 0 unspecified atom stereocenters. The van der Waals surface area contributed by atoms with Crippen LogP contribution in [-0.2, 0) is 10.2 Å². The molecule has 1 aromatic carbocycles. The molecule has 1 aliphatic carbocycles. The van der Waals surface area contributed by atoms with Crippen molar-refractivity contribution in [3.05, 3.63) is 29.8 Å². The normalized spacial score (nSPS) is 15.5. The fourth-order valence-corrected chi connectivity index (χ4v) is 2.28. The van der Waals surface area contributed by atoms with E-state index in [1.54, 1.807) is 36.2 Å². The highest BCUT2D eigenvalue weighted by molar-refractivity contribution is 5.89. The largest absolute Gasteiger partial charge is 0.481 e.